The Labute approximate surface area is 154 Å². The van der Waals surface area contributed by atoms with E-state index in [1.165, 1.54) is 4.90 Å². The summed E-state index contributed by atoms with van der Waals surface area (Å²) in [4.78, 5) is 59.6. The molecule has 3 unspecified atom stereocenters. The van der Waals surface area contributed by atoms with Crippen LogP contribution in [0.2, 0.25) is 0 Å². The third-order valence-electron chi connectivity index (χ3n) is 3.86. The molecule has 0 aliphatic carbocycles. The van der Waals surface area contributed by atoms with E-state index < -0.39 is 54.2 Å². The molecular formula is C14H22N4O7S. The molecule has 0 aromatic rings. The van der Waals surface area contributed by atoms with Crippen LogP contribution >= 0.6 is 12.6 Å². The van der Waals surface area contributed by atoms with Crippen LogP contribution in [0.1, 0.15) is 19.3 Å². The maximum absolute atomic E-state index is 12.4. The number of carbonyl (C=O) groups is 5. The van der Waals surface area contributed by atoms with Gasteiger partial charge in [0.15, 0.2) is 0 Å². The quantitative estimate of drug-likeness (QED) is 0.232. The second-order valence-electron chi connectivity index (χ2n) is 5.69. The predicted molar refractivity (Wildman–Crippen MR) is 91.4 cm³/mol. The van der Waals surface area contributed by atoms with E-state index in [9.17, 15) is 24.0 Å². The number of hydrogen-bond acceptors (Lipinski definition) is 7. The summed E-state index contributed by atoms with van der Waals surface area (Å²) < 4.78 is 0. The Bertz CT molecular complexity index is 586. The number of nitrogens with two attached hydrogens (primary N) is 1. The van der Waals surface area contributed by atoms with E-state index in [0.717, 1.165) is 0 Å². The van der Waals surface area contributed by atoms with E-state index >= 15 is 0 Å². The number of hydrogen-bond donors (Lipinski definition) is 6. The molecule has 1 fully saturated rings. The lowest BCUT2D eigenvalue weighted by Crippen LogP contribution is -2.56. The SMILES string of the molecule is NCC(=O)N1CCCC1C(=O)NC(CC(=O)O)C(=O)NC(CS)C(=O)O. The maximum Gasteiger partial charge on any atom is 0.327 e. The molecule has 1 aliphatic heterocycles. The number of nitrogens with one attached hydrogen (secondary N) is 2. The van der Waals surface area contributed by atoms with Crippen LogP contribution in [-0.2, 0) is 24.0 Å². The zero-order chi connectivity index (χ0) is 19.9. The molecule has 0 spiro atoms. The summed E-state index contributed by atoms with van der Waals surface area (Å²) in [7, 11) is 0. The number of carbonyl (C=O) groups excluding carboxylic acids is 3. The molecule has 12 heteroatoms. The second kappa shape index (κ2) is 9.97. The maximum atomic E-state index is 12.4. The number of amides is 3. The molecule has 0 aromatic heterocycles. The van der Waals surface area contributed by atoms with E-state index in [4.69, 9.17) is 15.9 Å². The van der Waals surface area contributed by atoms with Gasteiger partial charge in [-0.05, 0) is 12.8 Å². The van der Waals surface area contributed by atoms with Crippen LogP contribution in [0.25, 0.3) is 0 Å². The average molecular weight is 390 g/mol. The number of likely N-dealkylation sites (tertiary alicyclic amines) is 1. The standard InChI is InChI=1S/C14H22N4O7S/c15-5-10(19)18-3-1-2-9(18)13(23)16-7(4-11(20)21)12(22)17-8(6-26)14(24)25/h7-9,26H,1-6,15H2,(H,16,23)(H,17,22)(H,20,21)(H,24,25). The summed E-state index contributed by atoms with van der Waals surface area (Å²) in [6.45, 7) is 0.0652. The van der Waals surface area contributed by atoms with Gasteiger partial charge in [0.2, 0.25) is 17.7 Å². The zero-order valence-corrected chi connectivity index (χ0v) is 14.8. The normalized spacial score (nSPS) is 18.7. The van der Waals surface area contributed by atoms with Gasteiger partial charge < -0.3 is 31.5 Å². The van der Waals surface area contributed by atoms with Gasteiger partial charge in [-0.1, -0.05) is 0 Å². The van der Waals surface area contributed by atoms with Crippen molar-refractivity contribution in [2.45, 2.75) is 37.4 Å². The van der Waals surface area contributed by atoms with Crippen molar-refractivity contribution in [1.82, 2.24) is 15.5 Å². The van der Waals surface area contributed by atoms with Crippen LogP contribution in [0.15, 0.2) is 0 Å². The highest BCUT2D eigenvalue weighted by Crippen LogP contribution is 2.17. The topological polar surface area (TPSA) is 179 Å². The molecular weight excluding hydrogens is 368 g/mol. The molecule has 1 aliphatic rings. The molecule has 26 heavy (non-hydrogen) atoms. The predicted octanol–water partition coefficient (Wildman–Crippen LogP) is -2.61. The van der Waals surface area contributed by atoms with Crippen molar-refractivity contribution in [2.24, 2.45) is 5.73 Å². The van der Waals surface area contributed by atoms with Crippen molar-refractivity contribution in [2.75, 3.05) is 18.8 Å². The molecule has 11 nitrogen and oxygen atoms in total. The summed E-state index contributed by atoms with van der Waals surface area (Å²) >= 11 is 3.80. The molecule has 1 rings (SSSR count). The number of rotatable bonds is 9. The van der Waals surface area contributed by atoms with Crippen LogP contribution in [0, 0.1) is 0 Å². The van der Waals surface area contributed by atoms with Gasteiger partial charge in [0.05, 0.1) is 13.0 Å². The lowest BCUT2D eigenvalue weighted by Gasteiger charge is -2.26. The molecule has 1 saturated heterocycles. The van der Waals surface area contributed by atoms with E-state index in [2.05, 4.69) is 23.3 Å². The van der Waals surface area contributed by atoms with Gasteiger partial charge in [-0.25, -0.2) is 4.79 Å². The van der Waals surface area contributed by atoms with E-state index in [1.807, 2.05) is 0 Å². The van der Waals surface area contributed by atoms with Gasteiger partial charge in [-0.3, -0.25) is 19.2 Å². The fourth-order valence-corrected chi connectivity index (χ4v) is 2.81. The highest BCUT2D eigenvalue weighted by Gasteiger charge is 2.36. The molecule has 3 atom stereocenters. The third kappa shape index (κ3) is 5.88. The molecule has 1 heterocycles. The van der Waals surface area contributed by atoms with Crippen molar-refractivity contribution in [3.05, 3.63) is 0 Å². The lowest BCUT2D eigenvalue weighted by molar-refractivity contribution is -0.144. The first kappa shape index (κ1) is 21.7. The Morgan fingerprint density at radius 1 is 1.15 bits per heavy atom. The van der Waals surface area contributed by atoms with Crippen LogP contribution < -0.4 is 16.4 Å². The van der Waals surface area contributed by atoms with E-state index in [-0.39, 0.29) is 12.3 Å². The minimum Gasteiger partial charge on any atom is -0.481 e. The molecule has 0 aromatic carbocycles. The Kier molecular flexibility index (Phi) is 8.32. The Balaban J connectivity index is 2.84. The van der Waals surface area contributed by atoms with Gasteiger partial charge >= 0.3 is 11.9 Å². The first-order valence-electron chi connectivity index (χ1n) is 7.87. The third-order valence-corrected chi connectivity index (χ3v) is 4.22. The smallest absolute Gasteiger partial charge is 0.327 e. The summed E-state index contributed by atoms with van der Waals surface area (Å²) in [6.07, 6.45) is 0.182. The van der Waals surface area contributed by atoms with E-state index in [0.29, 0.717) is 19.4 Å². The Hall–Kier alpha value is -2.34. The van der Waals surface area contributed by atoms with Gasteiger partial charge in [-0.15, -0.1) is 0 Å². The van der Waals surface area contributed by atoms with Crippen molar-refractivity contribution in [3.63, 3.8) is 0 Å². The number of carboxylic acid groups (broad SMARTS) is 2. The number of aliphatic carboxylic acids is 2. The minimum atomic E-state index is -1.49. The Morgan fingerprint density at radius 2 is 1.81 bits per heavy atom. The fourth-order valence-electron chi connectivity index (χ4n) is 2.56. The molecule has 0 bridgehead atoms. The van der Waals surface area contributed by atoms with Gasteiger partial charge in [0, 0.05) is 12.3 Å². The van der Waals surface area contributed by atoms with Crippen LogP contribution in [0.3, 0.4) is 0 Å². The molecule has 3 amide bonds. The van der Waals surface area contributed by atoms with Crippen molar-refractivity contribution >= 4 is 42.3 Å². The zero-order valence-electron chi connectivity index (χ0n) is 13.9. The first-order chi connectivity index (χ1) is 12.2. The fraction of sp³-hybridized carbons (Fsp3) is 0.643. The van der Waals surface area contributed by atoms with Crippen molar-refractivity contribution in [3.8, 4) is 0 Å². The van der Waals surface area contributed by atoms with Crippen molar-refractivity contribution in [1.29, 1.82) is 0 Å². The van der Waals surface area contributed by atoms with Gasteiger partial charge in [0.1, 0.15) is 18.1 Å². The summed E-state index contributed by atoms with van der Waals surface area (Å²) in [5.74, 6) is -4.99. The average Bonchev–Trinajstić information content (AvgIpc) is 3.07. The van der Waals surface area contributed by atoms with Crippen LogP contribution in [0.5, 0.6) is 0 Å². The van der Waals surface area contributed by atoms with Crippen molar-refractivity contribution < 1.29 is 34.2 Å². The first-order valence-corrected chi connectivity index (χ1v) is 8.50. The van der Waals surface area contributed by atoms with Gasteiger partial charge in [0.25, 0.3) is 0 Å². The monoisotopic (exact) mass is 390 g/mol. The van der Waals surface area contributed by atoms with Crippen LogP contribution in [-0.4, -0.2) is 81.7 Å². The largest absolute Gasteiger partial charge is 0.481 e. The number of carboxylic acids is 2. The summed E-state index contributed by atoms with van der Waals surface area (Å²) in [5.41, 5.74) is 5.30. The number of thiol groups is 1. The number of nitrogens with zero attached hydrogens (tertiary/aromatic N) is 1. The Morgan fingerprint density at radius 3 is 2.31 bits per heavy atom. The second-order valence-corrected chi connectivity index (χ2v) is 6.06. The van der Waals surface area contributed by atoms with Crippen LogP contribution in [0.4, 0.5) is 0 Å². The van der Waals surface area contributed by atoms with Gasteiger partial charge in [-0.2, -0.15) is 12.6 Å². The molecule has 0 saturated carbocycles. The van der Waals surface area contributed by atoms with E-state index in [1.54, 1.807) is 0 Å². The highest BCUT2D eigenvalue weighted by molar-refractivity contribution is 7.80. The molecule has 6 N–H and O–H groups in total. The molecule has 146 valence electrons. The summed E-state index contributed by atoms with van der Waals surface area (Å²) in [5, 5.41) is 22.3. The molecule has 0 radical (unpaired) electrons. The highest BCUT2D eigenvalue weighted by atomic mass is 32.1. The summed E-state index contributed by atoms with van der Waals surface area (Å²) in [6, 6.07) is -3.67. The minimum absolute atomic E-state index is 0.212. The lowest BCUT2D eigenvalue weighted by atomic mass is 10.1.